The van der Waals surface area contributed by atoms with E-state index in [0.29, 0.717) is 19.1 Å². The summed E-state index contributed by atoms with van der Waals surface area (Å²) >= 11 is 0. The van der Waals surface area contributed by atoms with Gasteiger partial charge >= 0.3 is 0 Å². The summed E-state index contributed by atoms with van der Waals surface area (Å²) in [5.74, 6) is 2.21. The summed E-state index contributed by atoms with van der Waals surface area (Å²) in [5.41, 5.74) is 7.60. The van der Waals surface area contributed by atoms with Crippen molar-refractivity contribution >= 4 is 16.9 Å². The second kappa shape index (κ2) is 8.44. The van der Waals surface area contributed by atoms with Gasteiger partial charge in [-0.1, -0.05) is 30.3 Å². The molecule has 3 aromatic rings. The summed E-state index contributed by atoms with van der Waals surface area (Å²) < 4.78 is 7.88. The van der Waals surface area contributed by atoms with Gasteiger partial charge in [0.15, 0.2) is 0 Å². The Labute approximate surface area is 164 Å². The van der Waals surface area contributed by atoms with Crippen LogP contribution in [-0.4, -0.2) is 40.0 Å². The second-order valence-corrected chi connectivity index (χ2v) is 7.26. The molecule has 4 rings (SSSR count). The number of rotatable bonds is 6. The molecule has 0 aliphatic carbocycles. The number of hydrogen-bond acceptors (Lipinski definition) is 4. The predicted molar refractivity (Wildman–Crippen MR) is 109 cm³/mol. The highest BCUT2D eigenvalue weighted by Crippen LogP contribution is 2.20. The van der Waals surface area contributed by atoms with Gasteiger partial charge in [0.2, 0.25) is 5.91 Å². The molecule has 0 atom stereocenters. The number of benzene rings is 2. The molecule has 0 bridgehead atoms. The SMILES string of the molecule is NCC1CCN(C(=O)Cn2c(COc3ccccc3)nc3ccccc32)CC1. The third kappa shape index (κ3) is 4.02. The van der Waals surface area contributed by atoms with E-state index in [4.69, 9.17) is 15.5 Å². The maximum atomic E-state index is 12.9. The lowest BCUT2D eigenvalue weighted by atomic mass is 9.97. The summed E-state index contributed by atoms with van der Waals surface area (Å²) in [5, 5.41) is 0. The second-order valence-electron chi connectivity index (χ2n) is 7.26. The number of hydrogen-bond donors (Lipinski definition) is 1. The molecule has 0 spiro atoms. The molecule has 1 aliphatic heterocycles. The molecule has 1 amide bonds. The van der Waals surface area contributed by atoms with Crippen molar-refractivity contribution in [2.75, 3.05) is 19.6 Å². The lowest BCUT2D eigenvalue weighted by molar-refractivity contribution is -0.133. The highest BCUT2D eigenvalue weighted by atomic mass is 16.5. The van der Waals surface area contributed by atoms with Gasteiger partial charge in [0.25, 0.3) is 0 Å². The van der Waals surface area contributed by atoms with Crippen molar-refractivity contribution < 1.29 is 9.53 Å². The van der Waals surface area contributed by atoms with Gasteiger partial charge in [-0.05, 0) is 49.6 Å². The molecule has 1 aromatic heterocycles. The number of imidazole rings is 1. The fraction of sp³-hybridized carbons (Fsp3) is 0.364. The monoisotopic (exact) mass is 378 g/mol. The largest absolute Gasteiger partial charge is 0.486 e. The Kier molecular flexibility index (Phi) is 5.58. The van der Waals surface area contributed by atoms with Crippen LogP contribution in [0.2, 0.25) is 0 Å². The van der Waals surface area contributed by atoms with E-state index >= 15 is 0 Å². The molecule has 2 aromatic carbocycles. The fourth-order valence-electron chi connectivity index (χ4n) is 3.73. The molecule has 0 saturated carbocycles. The molecule has 1 fully saturated rings. The van der Waals surface area contributed by atoms with Crippen LogP contribution in [0.4, 0.5) is 0 Å². The number of ether oxygens (including phenoxy) is 1. The minimum Gasteiger partial charge on any atom is -0.486 e. The summed E-state index contributed by atoms with van der Waals surface area (Å²) in [6, 6.07) is 17.6. The summed E-state index contributed by atoms with van der Waals surface area (Å²) in [4.78, 5) is 19.6. The van der Waals surface area contributed by atoms with E-state index < -0.39 is 0 Å². The topological polar surface area (TPSA) is 73.4 Å². The normalized spacial score (nSPS) is 15.1. The lowest BCUT2D eigenvalue weighted by Gasteiger charge is -2.31. The number of nitrogens with two attached hydrogens (primary N) is 1. The molecule has 0 unspecified atom stereocenters. The highest BCUT2D eigenvalue weighted by Gasteiger charge is 2.23. The first-order valence-corrected chi connectivity index (χ1v) is 9.84. The molecular weight excluding hydrogens is 352 g/mol. The quantitative estimate of drug-likeness (QED) is 0.716. The third-order valence-corrected chi connectivity index (χ3v) is 5.44. The van der Waals surface area contributed by atoms with Crippen molar-refractivity contribution in [3.8, 4) is 5.75 Å². The Bertz CT molecular complexity index is 930. The van der Waals surface area contributed by atoms with Crippen molar-refractivity contribution in [1.29, 1.82) is 0 Å². The third-order valence-electron chi connectivity index (χ3n) is 5.44. The zero-order valence-corrected chi connectivity index (χ0v) is 16.0. The summed E-state index contributed by atoms with van der Waals surface area (Å²) in [6.07, 6.45) is 1.97. The molecule has 28 heavy (non-hydrogen) atoms. The number of likely N-dealkylation sites (tertiary alicyclic amines) is 1. The minimum atomic E-state index is 0.125. The van der Waals surface area contributed by atoms with Crippen LogP contribution in [0.25, 0.3) is 11.0 Å². The molecule has 1 aliphatic rings. The van der Waals surface area contributed by atoms with Gasteiger partial charge in [-0.3, -0.25) is 4.79 Å². The van der Waals surface area contributed by atoms with Gasteiger partial charge in [-0.15, -0.1) is 0 Å². The number of nitrogens with zero attached hydrogens (tertiary/aromatic N) is 3. The number of aromatic nitrogens is 2. The van der Waals surface area contributed by atoms with E-state index in [0.717, 1.165) is 48.5 Å². The van der Waals surface area contributed by atoms with Crippen LogP contribution >= 0.6 is 0 Å². The zero-order valence-electron chi connectivity index (χ0n) is 16.0. The molecular formula is C22H26N4O2. The van der Waals surface area contributed by atoms with E-state index in [1.165, 1.54) is 0 Å². The Balaban J connectivity index is 1.52. The van der Waals surface area contributed by atoms with Crippen LogP contribution in [0.3, 0.4) is 0 Å². The van der Waals surface area contributed by atoms with Crippen molar-refractivity contribution in [2.45, 2.75) is 26.0 Å². The summed E-state index contributed by atoms with van der Waals surface area (Å²) in [6.45, 7) is 2.87. The van der Waals surface area contributed by atoms with Gasteiger partial charge in [-0.25, -0.2) is 4.98 Å². The van der Waals surface area contributed by atoms with Crippen LogP contribution in [0.5, 0.6) is 5.75 Å². The smallest absolute Gasteiger partial charge is 0.242 e. The van der Waals surface area contributed by atoms with E-state index in [9.17, 15) is 4.79 Å². The average Bonchev–Trinajstić information content (AvgIpc) is 3.10. The standard InChI is InChI=1S/C22H26N4O2/c23-14-17-10-12-25(13-11-17)22(27)15-26-20-9-5-4-8-19(20)24-21(26)16-28-18-6-2-1-3-7-18/h1-9,17H,10-16,23H2. The minimum absolute atomic E-state index is 0.125. The van der Waals surface area contributed by atoms with Crippen molar-refractivity contribution in [2.24, 2.45) is 11.7 Å². The maximum Gasteiger partial charge on any atom is 0.242 e. The Morgan fingerprint density at radius 3 is 2.54 bits per heavy atom. The zero-order chi connectivity index (χ0) is 19.3. The first kappa shape index (κ1) is 18.5. The van der Waals surface area contributed by atoms with Gasteiger partial charge in [0, 0.05) is 13.1 Å². The van der Waals surface area contributed by atoms with E-state index in [1.807, 2.05) is 64.1 Å². The van der Waals surface area contributed by atoms with Gasteiger partial charge in [0.05, 0.1) is 11.0 Å². The highest BCUT2D eigenvalue weighted by molar-refractivity contribution is 5.81. The number of fused-ring (bicyclic) bond motifs is 1. The molecule has 0 radical (unpaired) electrons. The maximum absolute atomic E-state index is 12.9. The average molecular weight is 378 g/mol. The van der Waals surface area contributed by atoms with Crippen molar-refractivity contribution in [1.82, 2.24) is 14.5 Å². The predicted octanol–water partition coefficient (Wildman–Crippen LogP) is 2.81. The number of carbonyl (C=O) groups is 1. The Hall–Kier alpha value is -2.86. The first-order valence-electron chi connectivity index (χ1n) is 9.84. The van der Waals surface area contributed by atoms with Crippen molar-refractivity contribution in [3.05, 3.63) is 60.4 Å². The number of carbonyl (C=O) groups excluding carboxylic acids is 1. The van der Waals surface area contributed by atoms with E-state index in [1.54, 1.807) is 0 Å². The fourth-order valence-corrected chi connectivity index (χ4v) is 3.73. The van der Waals surface area contributed by atoms with Crippen LogP contribution in [0.1, 0.15) is 18.7 Å². The number of piperidine rings is 1. The van der Waals surface area contributed by atoms with Crippen LogP contribution < -0.4 is 10.5 Å². The Morgan fingerprint density at radius 1 is 1.07 bits per heavy atom. The molecule has 2 N–H and O–H groups in total. The molecule has 6 heteroatoms. The number of para-hydroxylation sites is 3. The molecule has 6 nitrogen and oxygen atoms in total. The van der Waals surface area contributed by atoms with Crippen LogP contribution in [0, 0.1) is 5.92 Å². The summed E-state index contributed by atoms with van der Waals surface area (Å²) in [7, 11) is 0. The first-order chi connectivity index (χ1) is 13.7. The molecule has 146 valence electrons. The van der Waals surface area contributed by atoms with E-state index in [2.05, 4.69) is 0 Å². The van der Waals surface area contributed by atoms with E-state index in [-0.39, 0.29) is 12.5 Å². The molecule has 2 heterocycles. The van der Waals surface area contributed by atoms with Crippen molar-refractivity contribution in [3.63, 3.8) is 0 Å². The number of amides is 1. The van der Waals surface area contributed by atoms with Gasteiger partial charge < -0.3 is 19.9 Å². The lowest BCUT2D eigenvalue weighted by Crippen LogP contribution is -2.41. The molecule has 1 saturated heterocycles. The van der Waals surface area contributed by atoms with Crippen LogP contribution in [-0.2, 0) is 17.9 Å². The van der Waals surface area contributed by atoms with Crippen LogP contribution in [0.15, 0.2) is 54.6 Å². The van der Waals surface area contributed by atoms with Gasteiger partial charge in [0.1, 0.15) is 24.7 Å². The van der Waals surface area contributed by atoms with Gasteiger partial charge in [-0.2, -0.15) is 0 Å². The Morgan fingerprint density at radius 2 is 1.79 bits per heavy atom.